The highest BCUT2D eigenvalue weighted by atomic mass is 35.5. The zero-order valence-electron chi connectivity index (χ0n) is 19.8. The van der Waals surface area contributed by atoms with E-state index < -0.39 is 48.6 Å². The number of hydrogen-bond donors (Lipinski definition) is 5. The average Bonchev–Trinajstić information content (AvgIpc) is 2.86. The van der Waals surface area contributed by atoms with Gasteiger partial charge in [0.05, 0.1) is 22.5 Å². The Labute approximate surface area is 238 Å². The fraction of sp³-hybridized carbons (Fsp3) is 0.0870. The van der Waals surface area contributed by atoms with Crippen LogP contribution >= 0.6 is 23.2 Å². The third kappa shape index (κ3) is 5.10. The summed E-state index contributed by atoms with van der Waals surface area (Å²) in [5, 5.41) is 4.21. The number of carbonyl (C=O) groups excluding carboxylic acids is 2. The summed E-state index contributed by atoms with van der Waals surface area (Å²) in [6, 6.07) is 6.90. The van der Waals surface area contributed by atoms with Crippen molar-refractivity contribution in [2.45, 2.75) is 16.6 Å². The molecule has 1 heterocycles. The van der Waals surface area contributed by atoms with E-state index in [4.69, 9.17) is 28.9 Å². The number of nitrogen functional groups attached to an aromatic ring is 1. The molecule has 0 spiro atoms. The largest absolute Gasteiger partial charge is 0.397 e. The van der Waals surface area contributed by atoms with Crippen molar-refractivity contribution in [1.82, 2.24) is 15.0 Å². The van der Waals surface area contributed by atoms with Crippen LogP contribution in [-0.2, 0) is 21.2 Å². The van der Waals surface area contributed by atoms with Gasteiger partial charge in [0.15, 0.2) is 22.6 Å². The van der Waals surface area contributed by atoms with Crippen LogP contribution in [0.25, 0.3) is 0 Å². The molecule has 0 radical (unpaired) electrons. The second-order valence-electron chi connectivity index (χ2n) is 8.47. The number of allylic oxidation sites excluding steroid dienone is 2. The summed E-state index contributed by atoms with van der Waals surface area (Å²) in [7, 11) is -4.92. The number of ketones is 2. The molecule has 1 aromatic heterocycles. The van der Waals surface area contributed by atoms with E-state index in [0.717, 1.165) is 6.07 Å². The van der Waals surface area contributed by atoms with E-state index in [1.54, 1.807) is 6.07 Å². The Hall–Kier alpha value is -3.73. The normalized spacial score (nSPS) is 17.4. The SMILES string of the molecule is Nc1c(S(=O)(=O)O)cc(NC2=CCC(S(=O)O)C(Nc3nc(Cl)nc(Cl)n3)=C2)c2c1C(=O)c1ccccc1C2=O. The zero-order valence-corrected chi connectivity index (χ0v) is 22.9. The van der Waals surface area contributed by atoms with E-state index in [9.17, 15) is 31.3 Å². The highest BCUT2D eigenvalue weighted by molar-refractivity contribution is 7.86. The van der Waals surface area contributed by atoms with Gasteiger partial charge in [0.25, 0.3) is 10.1 Å². The number of rotatable bonds is 6. The van der Waals surface area contributed by atoms with Crippen molar-refractivity contribution < 1.29 is 31.3 Å². The Balaban J connectivity index is 1.62. The minimum atomic E-state index is -4.92. The van der Waals surface area contributed by atoms with Crippen LogP contribution in [0.3, 0.4) is 0 Å². The molecule has 0 fully saturated rings. The molecule has 3 aromatic rings. The molecular weight excluding hydrogens is 607 g/mol. The molecule has 0 saturated heterocycles. The molecule has 5 rings (SSSR count). The van der Waals surface area contributed by atoms with E-state index in [1.807, 2.05) is 0 Å². The third-order valence-corrected chi connectivity index (χ3v) is 8.21. The highest BCUT2D eigenvalue weighted by Gasteiger charge is 2.37. The number of aromatic nitrogens is 3. The van der Waals surface area contributed by atoms with Gasteiger partial charge in [-0.3, -0.25) is 14.1 Å². The van der Waals surface area contributed by atoms with Crippen molar-refractivity contribution in [3.05, 3.63) is 86.7 Å². The van der Waals surface area contributed by atoms with Gasteiger partial charge in [0, 0.05) is 22.5 Å². The summed E-state index contributed by atoms with van der Waals surface area (Å²) in [6.45, 7) is 0. The van der Waals surface area contributed by atoms with Crippen LogP contribution in [0.15, 0.2) is 58.8 Å². The predicted molar refractivity (Wildman–Crippen MR) is 146 cm³/mol. The minimum absolute atomic E-state index is 0.00510. The molecule has 2 unspecified atom stereocenters. The number of nitrogens with zero attached hydrogens (tertiary/aromatic N) is 3. The van der Waals surface area contributed by atoms with Crippen LogP contribution in [0.4, 0.5) is 17.3 Å². The van der Waals surface area contributed by atoms with E-state index in [2.05, 4.69) is 25.6 Å². The zero-order chi connectivity index (χ0) is 28.9. The summed E-state index contributed by atoms with van der Waals surface area (Å²) in [5.41, 5.74) is 5.15. The average molecular weight is 623 g/mol. The summed E-state index contributed by atoms with van der Waals surface area (Å²) >= 11 is 9.28. The molecule has 0 saturated carbocycles. The Bertz CT molecular complexity index is 1810. The maximum Gasteiger partial charge on any atom is 0.296 e. The second kappa shape index (κ2) is 10.3. The molecule has 206 valence electrons. The van der Waals surface area contributed by atoms with Crippen LogP contribution < -0.4 is 16.4 Å². The Morgan fingerprint density at radius 3 is 2.17 bits per heavy atom. The number of nitrogens with one attached hydrogen (secondary N) is 2. The van der Waals surface area contributed by atoms with Gasteiger partial charge < -0.3 is 20.9 Å². The monoisotopic (exact) mass is 622 g/mol. The number of hydrogen-bond acceptors (Lipinski definition) is 11. The first-order chi connectivity index (χ1) is 18.8. The van der Waals surface area contributed by atoms with E-state index in [0.29, 0.717) is 0 Å². The highest BCUT2D eigenvalue weighted by Crippen LogP contribution is 2.40. The molecule has 0 bridgehead atoms. The quantitative estimate of drug-likeness (QED) is 0.119. The summed E-state index contributed by atoms with van der Waals surface area (Å²) < 4.78 is 56.0. The van der Waals surface area contributed by atoms with Crippen molar-refractivity contribution in [2.75, 3.05) is 16.4 Å². The van der Waals surface area contributed by atoms with E-state index in [-0.39, 0.29) is 62.3 Å². The van der Waals surface area contributed by atoms with Gasteiger partial charge in [-0.05, 0) is 41.8 Å². The Kier molecular flexibility index (Phi) is 7.20. The lowest BCUT2D eigenvalue weighted by Gasteiger charge is -2.26. The number of nitrogens with two attached hydrogens (primary N) is 1. The third-order valence-electron chi connectivity index (χ3n) is 6.05. The van der Waals surface area contributed by atoms with Crippen molar-refractivity contribution in [3.8, 4) is 0 Å². The number of benzene rings is 2. The topological polar surface area (TPSA) is 215 Å². The summed E-state index contributed by atoms with van der Waals surface area (Å²) in [5.74, 6) is -1.43. The number of anilines is 3. The molecule has 0 amide bonds. The van der Waals surface area contributed by atoms with Gasteiger partial charge >= 0.3 is 0 Å². The molecule has 13 nitrogen and oxygen atoms in total. The van der Waals surface area contributed by atoms with Crippen molar-refractivity contribution in [3.63, 3.8) is 0 Å². The first kappa shape index (κ1) is 27.8. The van der Waals surface area contributed by atoms with Crippen molar-refractivity contribution in [2.24, 2.45) is 0 Å². The molecular formula is C23H16Cl2N6O7S2. The molecule has 2 aromatic carbocycles. The first-order valence-corrected chi connectivity index (χ1v) is 14.5. The van der Waals surface area contributed by atoms with Gasteiger partial charge in [-0.25, -0.2) is 4.21 Å². The van der Waals surface area contributed by atoms with Gasteiger partial charge in [-0.1, -0.05) is 30.3 Å². The second-order valence-corrected chi connectivity index (χ2v) is 11.7. The Morgan fingerprint density at radius 1 is 1.00 bits per heavy atom. The molecule has 2 atom stereocenters. The van der Waals surface area contributed by atoms with E-state index >= 15 is 0 Å². The number of fused-ring (bicyclic) bond motifs is 2. The van der Waals surface area contributed by atoms with Crippen LogP contribution in [-0.4, -0.2) is 53.5 Å². The maximum atomic E-state index is 13.5. The lowest BCUT2D eigenvalue weighted by Crippen LogP contribution is -2.27. The standard InChI is InChI=1S/C23H16Cl2N6O7S2/c24-21-29-22(25)31-23(30-21)28-12-7-9(5-6-14(12)39(34)35)27-13-8-15(40(36,37)38)18(26)17-16(13)19(32)10-3-1-2-4-11(10)20(17)33/h1-5,7-8,14,27H,6,26H2,(H,34,35)(H,36,37,38)(H,28,29,30,31). The van der Waals surface area contributed by atoms with E-state index in [1.165, 1.54) is 30.4 Å². The van der Waals surface area contributed by atoms with Crippen LogP contribution in [0.2, 0.25) is 10.6 Å². The molecule has 40 heavy (non-hydrogen) atoms. The molecule has 6 N–H and O–H groups in total. The molecule has 2 aliphatic carbocycles. The number of carbonyl (C=O) groups is 2. The molecule has 17 heteroatoms. The van der Waals surface area contributed by atoms with Crippen LogP contribution in [0.5, 0.6) is 0 Å². The predicted octanol–water partition coefficient (Wildman–Crippen LogP) is 3.07. The summed E-state index contributed by atoms with van der Waals surface area (Å²) in [6.07, 6.45) is 2.89. The van der Waals surface area contributed by atoms with Crippen molar-refractivity contribution in [1.29, 1.82) is 0 Å². The maximum absolute atomic E-state index is 13.5. The van der Waals surface area contributed by atoms with Crippen molar-refractivity contribution >= 4 is 73.3 Å². The lowest BCUT2D eigenvalue weighted by atomic mass is 9.82. The molecule has 2 aliphatic rings. The Morgan fingerprint density at radius 2 is 1.60 bits per heavy atom. The number of halogens is 2. The fourth-order valence-electron chi connectivity index (χ4n) is 4.35. The smallest absolute Gasteiger partial charge is 0.296 e. The van der Waals surface area contributed by atoms with Crippen LogP contribution in [0, 0.1) is 0 Å². The fourth-order valence-corrected chi connectivity index (χ4v) is 5.96. The van der Waals surface area contributed by atoms with Gasteiger partial charge in [0.1, 0.15) is 10.1 Å². The van der Waals surface area contributed by atoms with Gasteiger partial charge in [-0.2, -0.15) is 23.4 Å². The van der Waals surface area contributed by atoms with Gasteiger partial charge in [0.2, 0.25) is 16.5 Å². The minimum Gasteiger partial charge on any atom is -0.397 e. The van der Waals surface area contributed by atoms with Gasteiger partial charge in [-0.15, -0.1) is 0 Å². The molecule has 0 aliphatic heterocycles. The first-order valence-electron chi connectivity index (χ1n) is 11.1. The summed E-state index contributed by atoms with van der Waals surface area (Å²) in [4.78, 5) is 37.5. The van der Waals surface area contributed by atoms with Crippen LogP contribution in [0.1, 0.15) is 38.3 Å². The lowest BCUT2D eigenvalue weighted by molar-refractivity contribution is 0.0980.